The third kappa shape index (κ3) is 5.05. The average Bonchev–Trinajstić information content (AvgIpc) is 3.99. The van der Waals surface area contributed by atoms with Gasteiger partial charge in [-0.15, -0.1) is 0 Å². The quantitative estimate of drug-likeness (QED) is 0.168. The minimum absolute atomic E-state index is 0.467. The summed E-state index contributed by atoms with van der Waals surface area (Å²) in [6.45, 7) is 0. The Morgan fingerprint density at radius 2 is 0.864 bits per heavy atom. The van der Waals surface area contributed by atoms with Gasteiger partial charge in [0.1, 0.15) is 11.3 Å². The molecule has 6 heterocycles. The Hall–Kier alpha value is -8.30. The lowest BCUT2D eigenvalue weighted by molar-refractivity contribution is 0.951. The summed E-state index contributed by atoms with van der Waals surface area (Å²) >= 11 is 0. The van der Waals surface area contributed by atoms with Crippen molar-refractivity contribution in [2.45, 2.75) is 0 Å². The molecule has 0 N–H and O–H groups in total. The molecule has 0 aliphatic rings. The van der Waals surface area contributed by atoms with Crippen molar-refractivity contribution < 1.29 is 0 Å². The number of aromatic nitrogens is 9. The Morgan fingerprint density at radius 3 is 1.46 bits per heavy atom. The van der Waals surface area contributed by atoms with Crippen LogP contribution in [0.1, 0.15) is 0 Å². The highest BCUT2D eigenvalue weighted by Crippen LogP contribution is 2.48. The van der Waals surface area contributed by atoms with Gasteiger partial charge < -0.3 is 4.57 Å². The Labute approximate surface area is 337 Å². The first-order valence-corrected chi connectivity index (χ1v) is 19.5. The first-order valence-electron chi connectivity index (χ1n) is 19.5. The zero-order chi connectivity index (χ0) is 38.9. The zero-order valence-electron chi connectivity index (χ0n) is 31.4. The second kappa shape index (κ2) is 13.1. The van der Waals surface area contributed by atoms with Crippen LogP contribution in [-0.2, 0) is 0 Å². The SMILES string of the molecule is c1ccc(-c2nc3c4c5ccccc5n(-c5ccccc5)c4c4c5ccccc5n(-c5nc(-c6cccnc6)nc(-c6cccnc6)n5)c4c3n2-c2ccccc2)cc1. The van der Waals surface area contributed by atoms with E-state index >= 15 is 0 Å². The first kappa shape index (κ1) is 32.9. The van der Waals surface area contributed by atoms with Gasteiger partial charge in [-0.2, -0.15) is 9.97 Å². The molecule has 6 aromatic heterocycles. The van der Waals surface area contributed by atoms with Crippen molar-refractivity contribution in [3.8, 4) is 51.5 Å². The Bertz CT molecular complexity index is 3470. The van der Waals surface area contributed by atoms with Crippen molar-refractivity contribution in [3.63, 3.8) is 0 Å². The van der Waals surface area contributed by atoms with Crippen LogP contribution in [0, 0.1) is 0 Å². The van der Waals surface area contributed by atoms with Gasteiger partial charge in [-0.1, -0.05) is 103 Å². The van der Waals surface area contributed by atoms with Crippen LogP contribution < -0.4 is 0 Å². The van der Waals surface area contributed by atoms with Crippen LogP contribution in [0.25, 0.3) is 106 Å². The molecule has 0 unspecified atom stereocenters. The lowest BCUT2D eigenvalue weighted by Crippen LogP contribution is -2.07. The number of imidazole rings is 1. The van der Waals surface area contributed by atoms with Crippen LogP contribution in [0.4, 0.5) is 0 Å². The van der Waals surface area contributed by atoms with Gasteiger partial charge in [-0.05, 0) is 60.7 Å². The molecule has 59 heavy (non-hydrogen) atoms. The summed E-state index contributed by atoms with van der Waals surface area (Å²) in [4.78, 5) is 30.2. The number of rotatable bonds is 6. The molecule has 0 saturated carbocycles. The van der Waals surface area contributed by atoms with E-state index in [0.29, 0.717) is 17.6 Å². The Morgan fingerprint density at radius 1 is 0.356 bits per heavy atom. The van der Waals surface area contributed by atoms with E-state index in [-0.39, 0.29) is 0 Å². The average molecular weight is 758 g/mol. The fourth-order valence-corrected chi connectivity index (χ4v) is 8.61. The number of nitrogens with zero attached hydrogens (tertiary/aromatic N) is 9. The Kier molecular flexibility index (Phi) is 7.33. The normalized spacial score (nSPS) is 11.7. The maximum Gasteiger partial charge on any atom is 0.238 e. The zero-order valence-corrected chi connectivity index (χ0v) is 31.4. The van der Waals surface area contributed by atoms with Crippen LogP contribution in [-0.4, -0.2) is 43.6 Å². The van der Waals surface area contributed by atoms with Crippen molar-refractivity contribution >= 4 is 54.6 Å². The number of benzene rings is 6. The highest BCUT2D eigenvalue weighted by atomic mass is 15.2. The third-order valence-electron chi connectivity index (χ3n) is 11.0. The monoisotopic (exact) mass is 757 g/mol. The molecule has 0 fully saturated rings. The molecule has 9 nitrogen and oxygen atoms in total. The lowest BCUT2D eigenvalue weighted by atomic mass is 10.1. The molecule has 6 aromatic carbocycles. The molecule has 0 aliphatic carbocycles. The molecule has 12 rings (SSSR count). The van der Waals surface area contributed by atoms with Gasteiger partial charge in [0.2, 0.25) is 5.95 Å². The second-order valence-corrected chi connectivity index (χ2v) is 14.4. The van der Waals surface area contributed by atoms with E-state index in [1.807, 2.05) is 36.4 Å². The van der Waals surface area contributed by atoms with Crippen molar-refractivity contribution in [2.24, 2.45) is 0 Å². The predicted molar refractivity (Wildman–Crippen MR) is 235 cm³/mol. The van der Waals surface area contributed by atoms with E-state index in [4.69, 9.17) is 19.9 Å². The topological polar surface area (TPSA) is 92.1 Å². The Balaban J connectivity index is 1.37. The van der Waals surface area contributed by atoms with Gasteiger partial charge >= 0.3 is 0 Å². The van der Waals surface area contributed by atoms with Crippen LogP contribution >= 0.6 is 0 Å². The molecule has 9 heteroatoms. The molecule has 0 amide bonds. The molecule has 0 saturated heterocycles. The lowest BCUT2D eigenvalue weighted by Gasteiger charge is -2.14. The molecule has 12 aromatic rings. The standard InChI is InChI=1S/C50H31N9/c1-4-16-32(17-5-1)49-53-43-41-37-24-10-12-26-39(37)57(35-20-6-2-7-21-35)44(41)42-38-25-11-13-27-40(38)59(45(42)46(43)58(49)36-22-8-3-9-23-36)50-55-47(33-18-14-28-51-30-33)54-48(56-50)34-19-15-29-52-31-34/h1-31H. The van der Waals surface area contributed by atoms with Crippen LogP contribution in [0.2, 0.25) is 0 Å². The van der Waals surface area contributed by atoms with E-state index < -0.39 is 0 Å². The second-order valence-electron chi connectivity index (χ2n) is 14.4. The number of para-hydroxylation sites is 4. The van der Waals surface area contributed by atoms with E-state index in [0.717, 1.165) is 88.5 Å². The van der Waals surface area contributed by atoms with E-state index in [2.05, 4.69) is 151 Å². The maximum absolute atomic E-state index is 5.70. The predicted octanol–water partition coefficient (Wildman–Crippen LogP) is 11.2. The fraction of sp³-hybridized carbons (Fsp3) is 0. The van der Waals surface area contributed by atoms with Crippen molar-refractivity contribution in [1.29, 1.82) is 0 Å². The summed E-state index contributed by atoms with van der Waals surface area (Å²) in [6.07, 6.45) is 7.08. The highest BCUT2D eigenvalue weighted by Gasteiger charge is 2.30. The summed E-state index contributed by atoms with van der Waals surface area (Å²) in [5, 5.41) is 4.31. The molecule has 0 radical (unpaired) electrons. The number of pyridine rings is 2. The van der Waals surface area contributed by atoms with Gasteiger partial charge in [0.05, 0.1) is 27.6 Å². The smallest absolute Gasteiger partial charge is 0.238 e. The summed E-state index contributed by atoms with van der Waals surface area (Å²) in [6, 6.07) is 56.5. The van der Waals surface area contributed by atoms with Gasteiger partial charge in [-0.3, -0.25) is 19.1 Å². The summed E-state index contributed by atoms with van der Waals surface area (Å²) in [5.41, 5.74) is 10.4. The number of fused-ring (bicyclic) bond motifs is 10. The maximum atomic E-state index is 5.70. The van der Waals surface area contributed by atoms with Crippen molar-refractivity contribution in [3.05, 3.63) is 189 Å². The van der Waals surface area contributed by atoms with E-state index in [9.17, 15) is 0 Å². The summed E-state index contributed by atoms with van der Waals surface area (Å²) in [5.74, 6) is 2.31. The minimum atomic E-state index is 0.467. The van der Waals surface area contributed by atoms with Gasteiger partial charge in [0, 0.05) is 74.4 Å². The van der Waals surface area contributed by atoms with Gasteiger partial charge in [0.15, 0.2) is 11.6 Å². The van der Waals surface area contributed by atoms with Crippen molar-refractivity contribution in [1.82, 2.24) is 43.6 Å². The van der Waals surface area contributed by atoms with Crippen molar-refractivity contribution in [2.75, 3.05) is 0 Å². The molecule has 0 aliphatic heterocycles. The molecule has 276 valence electrons. The largest absolute Gasteiger partial charge is 0.308 e. The molecule has 0 atom stereocenters. The number of hydrogen-bond donors (Lipinski definition) is 0. The fourth-order valence-electron chi connectivity index (χ4n) is 8.61. The highest BCUT2D eigenvalue weighted by molar-refractivity contribution is 6.36. The molecule has 0 bridgehead atoms. The van der Waals surface area contributed by atoms with E-state index in [1.165, 1.54) is 0 Å². The number of hydrogen-bond acceptors (Lipinski definition) is 6. The van der Waals surface area contributed by atoms with E-state index in [1.54, 1.807) is 24.8 Å². The summed E-state index contributed by atoms with van der Waals surface area (Å²) in [7, 11) is 0. The molecular formula is C50H31N9. The molecular weight excluding hydrogens is 727 g/mol. The van der Waals surface area contributed by atoms with Crippen LogP contribution in [0.3, 0.4) is 0 Å². The third-order valence-corrected chi connectivity index (χ3v) is 11.0. The first-order chi connectivity index (χ1) is 29.3. The van der Waals surface area contributed by atoms with Crippen LogP contribution in [0.15, 0.2) is 189 Å². The molecule has 0 spiro atoms. The van der Waals surface area contributed by atoms with Crippen LogP contribution in [0.5, 0.6) is 0 Å². The summed E-state index contributed by atoms with van der Waals surface area (Å²) < 4.78 is 6.90. The minimum Gasteiger partial charge on any atom is -0.308 e. The van der Waals surface area contributed by atoms with Gasteiger partial charge in [-0.25, -0.2) is 9.97 Å². The van der Waals surface area contributed by atoms with Gasteiger partial charge in [0.25, 0.3) is 0 Å².